The standard InChI is InChI=1S/C20H23N3O.C15H18BrN3.C11H17BO3/c1-14-2-5-20(24-14)19-12-22-11-16-4-3-15(10-18(16)19)13-23-8-6-17(21)7-9-23;16-15-9-18-8-12-2-1-11(7-14(12)15)10-19-5-3-13(17)4-6-19;1-8-6-7-9(13-8)12-14-10(2,3)11(4,5)15-12/h2-5,10-12,17H,6-9,13,21H2,1H3;1-2,7-9,13H,3-6,10,17H2;6-7H,1-5H3. The van der Waals surface area contributed by atoms with Gasteiger partial charge in [-0.15, -0.1) is 0 Å². The molecule has 0 saturated carbocycles. The third-order valence-electron chi connectivity index (χ3n) is 11.9. The number of aryl methyl sites for hydroxylation is 2. The second kappa shape index (κ2) is 18.2. The molecule has 3 aliphatic rings. The molecule has 3 saturated heterocycles. The first-order chi connectivity index (χ1) is 27.7. The van der Waals surface area contributed by atoms with Gasteiger partial charge in [0, 0.05) is 70.8 Å². The number of rotatable bonds is 6. The number of fused-ring (bicyclic) bond motifs is 2. The normalized spacial score (nSPS) is 18.9. The Bertz CT molecular complexity index is 2280. The zero-order chi connectivity index (χ0) is 41.0. The lowest BCUT2D eigenvalue weighted by molar-refractivity contribution is 0.00578. The van der Waals surface area contributed by atoms with E-state index in [0.717, 1.165) is 103 Å². The van der Waals surface area contributed by atoms with Gasteiger partial charge in [0.15, 0.2) is 0 Å². The van der Waals surface area contributed by atoms with Crippen molar-refractivity contribution < 1.29 is 18.1 Å². The van der Waals surface area contributed by atoms with Crippen LogP contribution in [0.2, 0.25) is 0 Å². The number of hydrogen-bond donors (Lipinski definition) is 2. The zero-order valence-electron chi connectivity index (χ0n) is 34.8. The number of nitrogens with zero attached hydrogens (tertiary/aromatic N) is 4. The summed E-state index contributed by atoms with van der Waals surface area (Å²) in [7, 11) is -0.385. The minimum Gasteiger partial charge on any atom is -0.470 e. The van der Waals surface area contributed by atoms with Crippen LogP contribution in [0.15, 0.2) is 98.8 Å². The maximum atomic E-state index is 6.01. The molecule has 306 valence electrons. The van der Waals surface area contributed by atoms with Crippen LogP contribution in [0, 0.1) is 13.8 Å². The molecule has 0 unspecified atom stereocenters. The number of piperidine rings is 2. The molecule has 0 aliphatic carbocycles. The van der Waals surface area contributed by atoms with E-state index in [1.165, 1.54) is 27.3 Å². The van der Waals surface area contributed by atoms with Crippen LogP contribution in [0.1, 0.15) is 76.0 Å². The van der Waals surface area contributed by atoms with E-state index >= 15 is 0 Å². The highest BCUT2D eigenvalue weighted by molar-refractivity contribution is 9.10. The lowest BCUT2D eigenvalue weighted by Crippen LogP contribution is -2.41. The van der Waals surface area contributed by atoms with Gasteiger partial charge in [-0.3, -0.25) is 19.8 Å². The summed E-state index contributed by atoms with van der Waals surface area (Å²) in [5.74, 6) is 2.68. The smallest absolute Gasteiger partial charge is 0.470 e. The Morgan fingerprint density at radius 2 is 1.16 bits per heavy atom. The second-order valence-electron chi connectivity index (χ2n) is 17.1. The average Bonchev–Trinajstić information content (AvgIpc) is 3.90. The fourth-order valence-corrected chi connectivity index (χ4v) is 8.10. The number of furan rings is 2. The Balaban J connectivity index is 0.000000136. The topological polar surface area (TPSA) is 129 Å². The first-order valence-corrected chi connectivity index (χ1v) is 21.4. The van der Waals surface area contributed by atoms with Gasteiger partial charge < -0.3 is 29.6 Å². The monoisotopic (exact) mass is 848 g/mol. The fourth-order valence-electron chi connectivity index (χ4n) is 7.64. The van der Waals surface area contributed by atoms with Crippen molar-refractivity contribution in [2.75, 3.05) is 26.2 Å². The van der Waals surface area contributed by atoms with Crippen molar-refractivity contribution in [2.24, 2.45) is 11.5 Å². The molecule has 2 aromatic carbocycles. The molecular weight excluding hydrogens is 791 g/mol. The number of benzene rings is 2. The molecule has 7 heterocycles. The largest absolute Gasteiger partial charge is 0.532 e. The van der Waals surface area contributed by atoms with Crippen molar-refractivity contribution >= 4 is 50.3 Å². The summed E-state index contributed by atoms with van der Waals surface area (Å²) < 4.78 is 24.1. The molecule has 0 atom stereocenters. The molecule has 6 aromatic rings. The Hall–Kier alpha value is -3.88. The van der Waals surface area contributed by atoms with Gasteiger partial charge in [0.2, 0.25) is 0 Å². The molecule has 3 aliphatic heterocycles. The number of aromatic nitrogens is 2. The van der Waals surface area contributed by atoms with Gasteiger partial charge >= 0.3 is 7.12 Å². The van der Waals surface area contributed by atoms with Gasteiger partial charge in [0.1, 0.15) is 17.2 Å². The highest BCUT2D eigenvalue weighted by Gasteiger charge is 2.53. The highest BCUT2D eigenvalue weighted by atomic mass is 79.9. The third kappa shape index (κ3) is 10.3. The van der Waals surface area contributed by atoms with Gasteiger partial charge in [-0.1, -0.05) is 24.3 Å². The van der Waals surface area contributed by atoms with Gasteiger partial charge in [-0.05, 0) is 168 Å². The van der Waals surface area contributed by atoms with E-state index in [1.807, 2.05) is 90.6 Å². The average molecular weight is 850 g/mol. The van der Waals surface area contributed by atoms with Crippen LogP contribution >= 0.6 is 15.9 Å². The molecule has 58 heavy (non-hydrogen) atoms. The Morgan fingerprint density at radius 3 is 1.67 bits per heavy atom. The summed E-state index contributed by atoms with van der Waals surface area (Å²) in [5, 5.41) is 4.76. The first-order valence-electron chi connectivity index (χ1n) is 20.6. The number of nitrogens with two attached hydrogens (primary N) is 2. The molecule has 9 rings (SSSR count). The van der Waals surface area contributed by atoms with Crippen LogP contribution in [-0.4, -0.2) is 76.4 Å². The molecule has 0 amide bonds. The van der Waals surface area contributed by atoms with Gasteiger partial charge in [-0.25, -0.2) is 0 Å². The molecule has 4 N–H and O–H groups in total. The van der Waals surface area contributed by atoms with Crippen LogP contribution in [0.5, 0.6) is 0 Å². The molecule has 0 bridgehead atoms. The Labute approximate surface area is 351 Å². The van der Waals surface area contributed by atoms with E-state index in [9.17, 15) is 0 Å². The molecule has 4 aromatic heterocycles. The van der Waals surface area contributed by atoms with Crippen molar-refractivity contribution in [2.45, 2.75) is 104 Å². The summed E-state index contributed by atoms with van der Waals surface area (Å²) in [6, 6.07) is 21.8. The maximum absolute atomic E-state index is 6.01. The molecule has 0 radical (unpaired) electrons. The van der Waals surface area contributed by atoms with Gasteiger partial charge in [0.25, 0.3) is 0 Å². The first kappa shape index (κ1) is 42.3. The molecule has 12 heteroatoms. The van der Waals surface area contributed by atoms with Crippen molar-refractivity contribution in [1.29, 1.82) is 0 Å². The minimum absolute atomic E-state index is 0.307. The van der Waals surface area contributed by atoms with Crippen LogP contribution < -0.4 is 17.1 Å². The van der Waals surface area contributed by atoms with E-state index < -0.39 is 0 Å². The molecule has 3 fully saturated rings. The van der Waals surface area contributed by atoms with E-state index in [0.29, 0.717) is 12.1 Å². The third-order valence-corrected chi connectivity index (χ3v) is 12.6. The number of halogens is 1. The lowest BCUT2D eigenvalue weighted by atomic mass is 9.86. The predicted octanol–water partition coefficient (Wildman–Crippen LogP) is 8.53. The van der Waals surface area contributed by atoms with Crippen molar-refractivity contribution in [3.05, 3.63) is 113 Å². The predicted molar refractivity (Wildman–Crippen MR) is 238 cm³/mol. The van der Waals surface area contributed by atoms with Crippen molar-refractivity contribution in [3.63, 3.8) is 0 Å². The summed E-state index contributed by atoms with van der Waals surface area (Å²) in [6.45, 7) is 18.4. The summed E-state index contributed by atoms with van der Waals surface area (Å²) in [4.78, 5) is 13.5. The quantitative estimate of drug-likeness (QED) is 0.158. The number of likely N-dealkylation sites (tertiary alicyclic amines) is 2. The lowest BCUT2D eigenvalue weighted by Gasteiger charge is -2.32. The van der Waals surface area contributed by atoms with E-state index in [4.69, 9.17) is 29.6 Å². The van der Waals surface area contributed by atoms with E-state index in [-0.39, 0.29) is 18.3 Å². The van der Waals surface area contributed by atoms with Gasteiger partial charge in [-0.2, -0.15) is 0 Å². The maximum Gasteiger partial charge on any atom is 0.532 e. The summed E-state index contributed by atoms with van der Waals surface area (Å²) in [6.07, 6.45) is 12.0. The van der Waals surface area contributed by atoms with E-state index in [1.54, 1.807) is 0 Å². The van der Waals surface area contributed by atoms with Crippen LogP contribution in [-0.2, 0) is 22.4 Å². The van der Waals surface area contributed by atoms with Crippen molar-refractivity contribution in [3.8, 4) is 11.3 Å². The fraction of sp³-hybridized carbons (Fsp3) is 0.435. The summed E-state index contributed by atoms with van der Waals surface area (Å²) in [5.41, 5.74) is 15.8. The Kier molecular flexibility index (Phi) is 13.2. The molecule has 0 spiro atoms. The number of hydrogen-bond acceptors (Lipinski definition) is 10. The number of pyridine rings is 2. The Morgan fingerprint density at radius 1 is 0.655 bits per heavy atom. The van der Waals surface area contributed by atoms with E-state index in [2.05, 4.69) is 72.1 Å². The molecule has 10 nitrogen and oxygen atoms in total. The SMILES string of the molecule is Cc1ccc(-c2cncc3ccc(CN4CCC(N)CC4)cc23)o1.Cc1ccc(B2OC(C)(C)C(C)(C)O2)o1.NC1CCN(Cc2ccc3cncc(Br)c3c2)CC1. The van der Waals surface area contributed by atoms with Crippen LogP contribution in [0.3, 0.4) is 0 Å². The zero-order valence-corrected chi connectivity index (χ0v) is 36.4. The van der Waals surface area contributed by atoms with Crippen LogP contribution in [0.25, 0.3) is 32.9 Å². The van der Waals surface area contributed by atoms with Crippen LogP contribution in [0.4, 0.5) is 0 Å². The summed E-state index contributed by atoms with van der Waals surface area (Å²) >= 11 is 3.57. The van der Waals surface area contributed by atoms with Crippen molar-refractivity contribution in [1.82, 2.24) is 19.8 Å². The van der Waals surface area contributed by atoms with Gasteiger partial charge in [0.05, 0.1) is 17.0 Å². The highest BCUT2D eigenvalue weighted by Crippen LogP contribution is 2.36. The second-order valence-corrected chi connectivity index (χ2v) is 17.9. The minimum atomic E-state index is -0.385. The molecular formula is C46H58BBrN6O4.